The molecule has 3 heterocycles. The van der Waals surface area contributed by atoms with Gasteiger partial charge in [0.1, 0.15) is 0 Å². The first-order valence-corrected chi connectivity index (χ1v) is 12.7. The molecule has 5 nitrogen and oxygen atoms in total. The standard InChI is InChI=1S/C28H32ClN5/c1-4-32(5-2)24-12-14-33(15-13-24)25-11-7-9-22(17-25)26-18-30-34-19-27(20(3)31-28(26)34)21-8-6-10-23(29)16-21/h6-11,16-19,24H,4-5,12-15H2,1-3H3. The van der Waals surface area contributed by atoms with Crippen molar-refractivity contribution in [3.63, 3.8) is 0 Å². The van der Waals surface area contributed by atoms with E-state index in [9.17, 15) is 0 Å². The molecule has 1 aliphatic rings. The quantitative estimate of drug-likeness (QED) is 0.327. The van der Waals surface area contributed by atoms with Gasteiger partial charge in [-0.25, -0.2) is 9.50 Å². The second kappa shape index (κ2) is 9.77. The Hall–Kier alpha value is -2.89. The number of aryl methyl sites for hydroxylation is 1. The van der Waals surface area contributed by atoms with E-state index in [2.05, 4.69) is 65.3 Å². The highest BCUT2D eigenvalue weighted by atomic mass is 35.5. The van der Waals surface area contributed by atoms with Gasteiger partial charge in [-0.15, -0.1) is 0 Å². The monoisotopic (exact) mass is 473 g/mol. The van der Waals surface area contributed by atoms with Crippen molar-refractivity contribution in [3.05, 3.63) is 71.6 Å². The first kappa shape index (κ1) is 22.9. The Bertz CT molecular complexity index is 1290. The molecule has 4 aromatic rings. The zero-order chi connectivity index (χ0) is 23.7. The van der Waals surface area contributed by atoms with Crippen LogP contribution in [-0.4, -0.2) is 51.7 Å². The summed E-state index contributed by atoms with van der Waals surface area (Å²) in [4.78, 5) is 10.1. The summed E-state index contributed by atoms with van der Waals surface area (Å²) in [6.07, 6.45) is 6.41. The van der Waals surface area contributed by atoms with Gasteiger partial charge in [0.25, 0.3) is 0 Å². The summed E-state index contributed by atoms with van der Waals surface area (Å²) in [6, 6.07) is 17.4. The van der Waals surface area contributed by atoms with E-state index in [4.69, 9.17) is 16.6 Å². The fraction of sp³-hybridized carbons (Fsp3) is 0.357. The molecule has 0 amide bonds. The highest BCUT2D eigenvalue weighted by molar-refractivity contribution is 6.30. The second-order valence-corrected chi connectivity index (χ2v) is 9.50. The first-order valence-electron chi connectivity index (χ1n) is 12.3. The molecular weight excluding hydrogens is 442 g/mol. The van der Waals surface area contributed by atoms with Gasteiger partial charge in [0.15, 0.2) is 5.65 Å². The van der Waals surface area contributed by atoms with Crippen LogP contribution in [-0.2, 0) is 0 Å². The molecule has 0 radical (unpaired) electrons. The summed E-state index contributed by atoms with van der Waals surface area (Å²) in [5, 5.41) is 5.36. The van der Waals surface area contributed by atoms with Gasteiger partial charge in [-0.05, 0) is 68.2 Å². The number of benzene rings is 2. The molecule has 0 aliphatic carbocycles. The van der Waals surface area contributed by atoms with Crippen molar-refractivity contribution in [1.29, 1.82) is 0 Å². The number of halogens is 1. The molecule has 34 heavy (non-hydrogen) atoms. The van der Waals surface area contributed by atoms with Crippen molar-refractivity contribution < 1.29 is 0 Å². The number of anilines is 1. The van der Waals surface area contributed by atoms with Gasteiger partial charge in [0.05, 0.1) is 6.20 Å². The van der Waals surface area contributed by atoms with Gasteiger partial charge in [0, 0.05) is 52.9 Å². The fourth-order valence-corrected chi connectivity index (χ4v) is 5.43. The third kappa shape index (κ3) is 4.42. The highest BCUT2D eigenvalue weighted by Gasteiger charge is 2.23. The minimum atomic E-state index is 0.704. The molecule has 6 heteroatoms. The van der Waals surface area contributed by atoms with E-state index in [1.807, 2.05) is 35.8 Å². The summed E-state index contributed by atoms with van der Waals surface area (Å²) >= 11 is 6.22. The summed E-state index contributed by atoms with van der Waals surface area (Å²) in [7, 11) is 0. The van der Waals surface area contributed by atoms with E-state index >= 15 is 0 Å². The van der Waals surface area contributed by atoms with Crippen LogP contribution in [0.15, 0.2) is 60.9 Å². The van der Waals surface area contributed by atoms with Crippen LogP contribution in [0.4, 0.5) is 5.69 Å². The van der Waals surface area contributed by atoms with Gasteiger partial charge in [-0.3, -0.25) is 0 Å². The van der Waals surface area contributed by atoms with Gasteiger partial charge >= 0.3 is 0 Å². The van der Waals surface area contributed by atoms with Crippen LogP contribution < -0.4 is 4.90 Å². The first-order chi connectivity index (χ1) is 16.6. The summed E-state index contributed by atoms with van der Waals surface area (Å²) in [5.74, 6) is 0. The zero-order valence-electron chi connectivity index (χ0n) is 20.2. The number of rotatable bonds is 6. The Morgan fingerprint density at radius 3 is 2.38 bits per heavy atom. The van der Waals surface area contributed by atoms with Crippen LogP contribution in [0.5, 0.6) is 0 Å². The molecule has 0 bridgehead atoms. The maximum Gasteiger partial charge on any atom is 0.163 e. The van der Waals surface area contributed by atoms with Crippen molar-refractivity contribution in [3.8, 4) is 22.3 Å². The van der Waals surface area contributed by atoms with Crippen LogP contribution in [0, 0.1) is 6.92 Å². The third-order valence-electron chi connectivity index (χ3n) is 7.14. The van der Waals surface area contributed by atoms with Crippen molar-refractivity contribution in [2.45, 2.75) is 39.7 Å². The van der Waals surface area contributed by atoms with E-state index in [-0.39, 0.29) is 0 Å². The van der Waals surface area contributed by atoms with E-state index in [1.54, 1.807) is 0 Å². The number of piperidine rings is 1. The van der Waals surface area contributed by atoms with Gasteiger partial charge in [-0.1, -0.05) is 49.7 Å². The number of fused-ring (bicyclic) bond motifs is 1. The fourth-order valence-electron chi connectivity index (χ4n) is 5.24. The zero-order valence-corrected chi connectivity index (χ0v) is 21.0. The molecule has 0 unspecified atom stereocenters. The van der Waals surface area contributed by atoms with E-state index in [1.165, 1.54) is 18.5 Å². The van der Waals surface area contributed by atoms with E-state index in [0.29, 0.717) is 6.04 Å². The van der Waals surface area contributed by atoms with Crippen LogP contribution in [0.3, 0.4) is 0 Å². The predicted octanol–water partition coefficient (Wildman–Crippen LogP) is 6.34. The number of hydrogen-bond donors (Lipinski definition) is 0. The normalized spacial score (nSPS) is 14.9. The molecule has 2 aromatic heterocycles. The Kier molecular flexibility index (Phi) is 6.57. The van der Waals surface area contributed by atoms with Crippen LogP contribution in [0.2, 0.25) is 5.02 Å². The van der Waals surface area contributed by atoms with Gasteiger partial charge in [-0.2, -0.15) is 5.10 Å². The molecule has 0 spiro atoms. The average molecular weight is 474 g/mol. The molecule has 0 atom stereocenters. The van der Waals surface area contributed by atoms with Crippen molar-refractivity contribution >= 4 is 22.9 Å². The SMILES string of the molecule is CCN(CC)C1CCN(c2cccc(-c3cnn4cc(-c5cccc(Cl)c5)c(C)nc34)c2)CC1. The largest absolute Gasteiger partial charge is 0.371 e. The molecule has 0 N–H and O–H groups in total. The maximum absolute atomic E-state index is 6.22. The van der Waals surface area contributed by atoms with Crippen LogP contribution in [0.25, 0.3) is 27.9 Å². The highest BCUT2D eigenvalue weighted by Crippen LogP contribution is 2.31. The Morgan fingerprint density at radius 1 is 0.971 bits per heavy atom. The molecule has 0 saturated carbocycles. The van der Waals surface area contributed by atoms with Crippen molar-refractivity contribution in [2.75, 3.05) is 31.1 Å². The average Bonchev–Trinajstić information content (AvgIpc) is 3.27. The Balaban J connectivity index is 1.42. The van der Waals surface area contributed by atoms with Crippen molar-refractivity contribution in [1.82, 2.24) is 19.5 Å². The number of aromatic nitrogens is 3. The molecule has 5 rings (SSSR count). The van der Waals surface area contributed by atoms with Crippen molar-refractivity contribution in [2.24, 2.45) is 0 Å². The topological polar surface area (TPSA) is 36.7 Å². The van der Waals surface area contributed by atoms with Crippen LogP contribution >= 0.6 is 11.6 Å². The van der Waals surface area contributed by atoms with Gasteiger partial charge in [0.2, 0.25) is 0 Å². The smallest absolute Gasteiger partial charge is 0.163 e. The lowest BCUT2D eigenvalue weighted by Crippen LogP contribution is -2.44. The molecular formula is C28H32ClN5. The molecule has 2 aromatic carbocycles. The Morgan fingerprint density at radius 2 is 1.68 bits per heavy atom. The number of nitrogens with zero attached hydrogens (tertiary/aromatic N) is 5. The summed E-state index contributed by atoms with van der Waals surface area (Å²) in [5.41, 5.74) is 7.41. The van der Waals surface area contributed by atoms with Gasteiger partial charge < -0.3 is 9.80 Å². The lowest BCUT2D eigenvalue weighted by atomic mass is 10.0. The minimum absolute atomic E-state index is 0.704. The van der Waals surface area contributed by atoms with Crippen LogP contribution in [0.1, 0.15) is 32.4 Å². The minimum Gasteiger partial charge on any atom is -0.371 e. The lowest BCUT2D eigenvalue weighted by Gasteiger charge is -2.38. The van der Waals surface area contributed by atoms with E-state index < -0.39 is 0 Å². The third-order valence-corrected chi connectivity index (χ3v) is 7.37. The molecule has 1 saturated heterocycles. The number of hydrogen-bond acceptors (Lipinski definition) is 4. The summed E-state index contributed by atoms with van der Waals surface area (Å²) in [6.45, 7) is 11.0. The predicted molar refractivity (Wildman–Crippen MR) is 142 cm³/mol. The molecule has 1 fully saturated rings. The lowest BCUT2D eigenvalue weighted by molar-refractivity contribution is 0.186. The second-order valence-electron chi connectivity index (χ2n) is 9.07. The van der Waals surface area contributed by atoms with E-state index in [0.717, 1.165) is 64.8 Å². The molecule has 176 valence electrons. The molecule has 1 aliphatic heterocycles. The Labute approximate surface area is 207 Å². The summed E-state index contributed by atoms with van der Waals surface area (Å²) < 4.78 is 1.88. The maximum atomic E-state index is 6.22.